The molecule has 0 aromatic heterocycles. The highest BCUT2D eigenvalue weighted by Gasteiger charge is 2.51. The van der Waals surface area contributed by atoms with Crippen LogP contribution in [0.2, 0.25) is 0 Å². The molecule has 0 amide bonds. The molecular formula is C13H18O6. The molecule has 0 aliphatic heterocycles. The number of hydrogen-bond acceptors (Lipinski definition) is 6. The largest absolute Gasteiger partial charge is 0.392 e. The molecular weight excluding hydrogens is 252 g/mol. The van der Waals surface area contributed by atoms with Crippen LogP contribution in [-0.4, -0.2) is 48.1 Å². The van der Waals surface area contributed by atoms with Gasteiger partial charge in [-0.3, -0.25) is 14.4 Å². The van der Waals surface area contributed by atoms with Gasteiger partial charge >= 0.3 is 0 Å². The zero-order chi connectivity index (χ0) is 14.7. The van der Waals surface area contributed by atoms with Gasteiger partial charge in [0.2, 0.25) is 0 Å². The molecule has 0 spiro atoms. The van der Waals surface area contributed by atoms with Crippen LogP contribution in [0.15, 0.2) is 0 Å². The molecule has 6 heteroatoms. The SMILES string of the molecule is COC1C(=O)C(C=O)C(=O)C(C(O)CC(C)C)C1=O. The molecule has 1 fully saturated rings. The number of aliphatic hydroxyl groups is 1. The summed E-state index contributed by atoms with van der Waals surface area (Å²) in [6.45, 7) is 3.66. The Bertz CT molecular complexity index is 400. The highest BCUT2D eigenvalue weighted by atomic mass is 16.5. The number of rotatable bonds is 5. The number of aliphatic hydroxyl groups excluding tert-OH is 1. The van der Waals surface area contributed by atoms with Crippen molar-refractivity contribution in [3.63, 3.8) is 0 Å². The third-order valence-corrected chi connectivity index (χ3v) is 3.21. The number of ketones is 3. The van der Waals surface area contributed by atoms with Gasteiger partial charge in [0.25, 0.3) is 0 Å². The van der Waals surface area contributed by atoms with Crippen LogP contribution in [0.25, 0.3) is 0 Å². The van der Waals surface area contributed by atoms with Gasteiger partial charge in [0, 0.05) is 7.11 Å². The van der Waals surface area contributed by atoms with E-state index < -0.39 is 41.4 Å². The number of methoxy groups -OCH3 is 1. The van der Waals surface area contributed by atoms with Crippen molar-refractivity contribution < 1.29 is 29.0 Å². The first-order chi connectivity index (χ1) is 8.84. The fourth-order valence-electron chi connectivity index (χ4n) is 2.30. The Morgan fingerprint density at radius 1 is 1.21 bits per heavy atom. The molecule has 0 heterocycles. The molecule has 6 nitrogen and oxygen atoms in total. The number of carbonyl (C=O) groups is 4. The van der Waals surface area contributed by atoms with E-state index in [4.69, 9.17) is 4.74 Å². The van der Waals surface area contributed by atoms with Crippen LogP contribution in [0.4, 0.5) is 0 Å². The van der Waals surface area contributed by atoms with Gasteiger partial charge < -0.3 is 14.6 Å². The maximum absolute atomic E-state index is 12.0. The Morgan fingerprint density at radius 3 is 2.21 bits per heavy atom. The van der Waals surface area contributed by atoms with Crippen molar-refractivity contribution in [2.24, 2.45) is 17.8 Å². The highest BCUT2D eigenvalue weighted by Crippen LogP contribution is 2.26. The summed E-state index contributed by atoms with van der Waals surface area (Å²) in [6, 6.07) is 0. The number of hydrogen-bond donors (Lipinski definition) is 1. The summed E-state index contributed by atoms with van der Waals surface area (Å²) in [5.41, 5.74) is 0. The second-order valence-corrected chi connectivity index (χ2v) is 5.11. The summed E-state index contributed by atoms with van der Waals surface area (Å²) >= 11 is 0. The zero-order valence-electron chi connectivity index (χ0n) is 11.2. The maximum Gasteiger partial charge on any atom is 0.186 e. The van der Waals surface area contributed by atoms with Gasteiger partial charge in [-0.15, -0.1) is 0 Å². The molecule has 0 bridgehead atoms. The van der Waals surface area contributed by atoms with Crippen molar-refractivity contribution in [2.75, 3.05) is 7.11 Å². The summed E-state index contributed by atoms with van der Waals surface area (Å²) in [6.07, 6.45) is -2.20. The Balaban J connectivity index is 3.07. The summed E-state index contributed by atoms with van der Waals surface area (Å²) in [5.74, 6) is -5.24. The van der Waals surface area contributed by atoms with E-state index >= 15 is 0 Å². The second kappa shape index (κ2) is 6.16. The van der Waals surface area contributed by atoms with Crippen molar-refractivity contribution in [2.45, 2.75) is 32.5 Å². The smallest absolute Gasteiger partial charge is 0.186 e. The first-order valence-corrected chi connectivity index (χ1v) is 6.12. The average molecular weight is 270 g/mol. The lowest BCUT2D eigenvalue weighted by atomic mass is 9.73. The third-order valence-electron chi connectivity index (χ3n) is 3.21. The molecule has 1 aliphatic rings. The average Bonchev–Trinajstić information content (AvgIpc) is 2.28. The highest BCUT2D eigenvalue weighted by molar-refractivity contribution is 6.30. The van der Waals surface area contributed by atoms with Crippen LogP contribution >= 0.6 is 0 Å². The van der Waals surface area contributed by atoms with Crippen molar-refractivity contribution in [3.8, 4) is 0 Å². The number of carbonyl (C=O) groups excluding carboxylic acids is 4. The van der Waals surface area contributed by atoms with Crippen molar-refractivity contribution >= 4 is 23.6 Å². The van der Waals surface area contributed by atoms with Gasteiger partial charge in [-0.2, -0.15) is 0 Å². The van der Waals surface area contributed by atoms with Crippen LogP contribution in [0.5, 0.6) is 0 Å². The monoisotopic (exact) mass is 270 g/mol. The first kappa shape index (κ1) is 15.7. The van der Waals surface area contributed by atoms with E-state index in [0.29, 0.717) is 0 Å². The van der Waals surface area contributed by atoms with Gasteiger partial charge in [-0.1, -0.05) is 13.8 Å². The van der Waals surface area contributed by atoms with Crippen LogP contribution in [0.1, 0.15) is 20.3 Å². The number of aldehydes is 1. The van der Waals surface area contributed by atoms with Crippen LogP contribution in [0.3, 0.4) is 0 Å². The van der Waals surface area contributed by atoms with E-state index in [2.05, 4.69) is 0 Å². The fraction of sp³-hybridized carbons (Fsp3) is 0.692. The second-order valence-electron chi connectivity index (χ2n) is 5.11. The van der Waals surface area contributed by atoms with E-state index in [1.807, 2.05) is 13.8 Å². The summed E-state index contributed by atoms with van der Waals surface area (Å²) in [7, 11) is 1.16. The molecule has 1 rings (SSSR count). The molecule has 0 saturated heterocycles. The molecule has 0 radical (unpaired) electrons. The third kappa shape index (κ3) is 2.96. The zero-order valence-corrected chi connectivity index (χ0v) is 11.2. The van der Waals surface area contributed by atoms with E-state index in [9.17, 15) is 24.3 Å². The standard InChI is InChI=1S/C13H18O6/c1-6(2)4-8(15)9-10(16)7(5-14)11(17)13(19-3)12(9)18/h5-9,13,15H,4H2,1-3H3. The molecule has 0 aromatic rings. The molecule has 4 unspecified atom stereocenters. The van der Waals surface area contributed by atoms with E-state index in [-0.39, 0.29) is 18.6 Å². The predicted molar refractivity (Wildman–Crippen MR) is 64.3 cm³/mol. The van der Waals surface area contributed by atoms with Gasteiger partial charge in [0.05, 0.1) is 6.10 Å². The Hall–Kier alpha value is -1.40. The number of ether oxygens (including phenoxy) is 1. The van der Waals surface area contributed by atoms with E-state index in [0.717, 1.165) is 7.11 Å². The van der Waals surface area contributed by atoms with Crippen molar-refractivity contribution in [1.82, 2.24) is 0 Å². The Morgan fingerprint density at radius 2 is 1.79 bits per heavy atom. The van der Waals surface area contributed by atoms with Crippen molar-refractivity contribution in [1.29, 1.82) is 0 Å². The Labute approximate surface area is 111 Å². The van der Waals surface area contributed by atoms with Crippen LogP contribution in [-0.2, 0) is 23.9 Å². The van der Waals surface area contributed by atoms with Crippen LogP contribution in [0, 0.1) is 17.8 Å². The lowest BCUT2D eigenvalue weighted by Gasteiger charge is -2.31. The topological polar surface area (TPSA) is 97.7 Å². The van der Waals surface area contributed by atoms with E-state index in [1.165, 1.54) is 0 Å². The molecule has 19 heavy (non-hydrogen) atoms. The summed E-state index contributed by atoms with van der Waals surface area (Å²) in [5, 5.41) is 9.97. The molecule has 1 N–H and O–H groups in total. The van der Waals surface area contributed by atoms with Gasteiger partial charge in [-0.05, 0) is 12.3 Å². The summed E-state index contributed by atoms with van der Waals surface area (Å²) in [4.78, 5) is 46.6. The minimum atomic E-state index is -1.52. The molecule has 1 saturated carbocycles. The van der Waals surface area contributed by atoms with Gasteiger partial charge in [0.1, 0.15) is 18.1 Å². The van der Waals surface area contributed by atoms with Crippen LogP contribution < -0.4 is 0 Å². The first-order valence-electron chi connectivity index (χ1n) is 6.12. The van der Waals surface area contributed by atoms with E-state index in [1.54, 1.807) is 0 Å². The minimum Gasteiger partial charge on any atom is -0.392 e. The number of Topliss-reactive ketones (excluding diaryl/α,β-unsaturated/α-hetero) is 3. The quantitative estimate of drug-likeness (QED) is 0.537. The Kier molecular flexibility index (Phi) is 5.08. The lowest BCUT2D eigenvalue weighted by Crippen LogP contribution is -2.56. The predicted octanol–water partition coefficient (Wildman–Crippen LogP) is -0.439. The van der Waals surface area contributed by atoms with Gasteiger partial charge in [-0.25, -0.2) is 0 Å². The van der Waals surface area contributed by atoms with Crippen molar-refractivity contribution in [3.05, 3.63) is 0 Å². The lowest BCUT2D eigenvalue weighted by molar-refractivity contribution is -0.160. The fourth-order valence-corrected chi connectivity index (χ4v) is 2.30. The molecule has 106 valence electrons. The molecule has 4 atom stereocenters. The normalized spacial score (nSPS) is 29.7. The summed E-state index contributed by atoms with van der Waals surface area (Å²) < 4.78 is 4.76. The minimum absolute atomic E-state index is 0.0731. The molecule has 0 aromatic carbocycles. The maximum atomic E-state index is 12.0. The molecule has 1 aliphatic carbocycles. The van der Waals surface area contributed by atoms with Gasteiger partial charge in [0.15, 0.2) is 23.5 Å².